The Hall–Kier alpha value is 0.01000. The number of thiocarbonyl (C=S) groups is 1. The maximum absolute atomic E-state index is 5.79. The van der Waals surface area contributed by atoms with Crippen LogP contribution in [0.4, 0.5) is 0 Å². The molecule has 0 spiro atoms. The molecular weight excluding hydrogens is 372 g/mol. The molecule has 0 aromatic heterocycles. The van der Waals surface area contributed by atoms with Crippen LogP contribution in [0.3, 0.4) is 0 Å². The molecule has 0 atom stereocenters. The standard InChI is InChI=1S/C23H38S3/c1-8-9-10-11-12-13-14-26-21(25)17-15-18(22(2,3)4)20(24)19(16-17)23(5,6)7/h15-16,24H,8-14H2,1-7H3. The summed E-state index contributed by atoms with van der Waals surface area (Å²) in [6, 6.07) is 4.54. The number of hydrogen-bond donors (Lipinski definition) is 1. The Morgan fingerprint density at radius 3 is 1.81 bits per heavy atom. The summed E-state index contributed by atoms with van der Waals surface area (Å²) < 4.78 is 1.03. The van der Waals surface area contributed by atoms with Crippen molar-refractivity contribution in [1.82, 2.24) is 0 Å². The van der Waals surface area contributed by atoms with Gasteiger partial charge in [-0.3, -0.25) is 0 Å². The van der Waals surface area contributed by atoms with Gasteiger partial charge in [-0.2, -0.15) is 0 Å². The summed E-state index contributed by atoms with van der Waals surface area (Å²) in [6.45, 7) is 15.8. The first-order chi connectivity index (χ1) is 12.0. The van der Waals surface area contributed by atoms with Crippen LogP contribution in [0.15, 0.2) is 17.0 Å². The molecule has 0 unspecified atom stereocenters. The maximum Gasteiger partial charge on any atom is 0.0778 e. The smallest absolute Gasteiger partial charge is 0.0778 e. The van der Waals surface area contributed by atoms with Crippen LogP contribution in [0, 0.1) is 0 Å². The summed E-state index contributed by atoms with van der Waals surface area (Å²) in [6.07, 6.45) is 8.00. The molecule has 0 fully saturated rings. The van der Waals surface area contributed by atoms with E-state index in [2.05, 4.69) is 60.6 Å². The lowest BCUT2D eigenvalue weighted by atomic mass is 9.79. The van der Waals surface area contributed by atoms with Crippen molar-refractivity contribution in [2.75, 3.05) is 5.75 Å². The molecule has 0 aliphatic carbocycles. The van der Waals surface area contributed by atoms with Crippen molar-refractivity contribution in [2.45, 2.75) is 103 Å². The molecule has 0 saturated carbocycles. The Labute approximate surface area is 177 Å². The van der Waals surface area contributed by atoms with Gasteiger partial charge in [-0.25, -0.2) is 0 Å². The molecule has 0 nitrogen and oxygen atoms in total. The van der Waals surface area contributed by atoms with E-state index in [0.29, 0.717) is 0 Å². The van der Waals surface area contributed by atoms with Crippen molar-refractivity contribution in [3.8, 4) is 0 Å². The Bertz CT molecular complexity index is 553. The second kappa shape index (κ2) is 10.5. The molecule has 0 amide bonds. The first-order valence-electron chi connectivity index (χ1n) is 10.0. The van der Waals surface area contributed by atoms with Crippen molar-refractivity contribution in [1.29, 1.82) is 0 Å². The minimum absolute atomic E-state index is 0.0622. The maximum atomic E-state index is 5.79. The average molecular weight is 411 g/mol. The van der Waals surface area contributed by atoms with Crippen molar-refractivity contribution >= 4 is 40.8 Å². The number of thiol groups is 1. The van der Waals surface area contributed by atoms with Crippen LogP contribution >= 0.6 is 36.6 Å². The molecule has 148 valence electrons. The topological polar surface area (TPSA) is 0 Å². The van der Waals surface area contributed by atoms with Gasteiger partial charge in [0.25, 0.3) is 0 Å². The summed E-state index contributed by atoms with van der Waals surface area (Å²) in [5.74, 6) is 1.13. The highest BCUT2D eigenvalue weighted by Gasteiger charge is 2.25. The van der Waals surface area contributed by atoms with E-state index in [1.807, 2.05) is 11.8 Å². The van der Waals surface area contributed by atoms with Crippen molar-refractivity contribution in [3.63, 3.8) is 0 Å². The Morgan fingerprint density at radius 1 is 0.885 bits per heavy atom. The zero-order chi connectivity index (χ0) is 20.0. The zero-order valence-electron chi connectivity index (χ0n) is 17.9. The van der Waals surface area contributed by atoms with Crippen LogP contribution < -0.4 is 0 Å². The molecule has 1 aromatic rings. The summed E-state index contributed by atoms with van der Waals surface area (Å²) >= 11 is 12.5. The molecule has 26 heavy (non-hydrogen) atoms. The van der Waals surface area contributed by atoms with E-state index in [9.17, 15) is 0 Å². The molecule has 0 saturated heterocycles. The highest BCUT2D eigenvalue weighted by Crippen LogP contribution is 2.38. The Morgan fingerprint density at radius 2 is 1.35 bits per heavy atom. The second-order valence-electron chi connectivity index (χ2n) is 9.32. The number of benzene rings is 1. The highest BCUT2D eigenvalue weighted by molar-refractivity contribution is 8.23. The monoisotopic (exact) mass is 410 g/mol. The molecule has 0 aliphatic rings. The first-order valence-corrected chi connectivity index (χ1v) is 11.9. The lowest BCUT2D eigenvalue weighted by Crippen LogP contribution is -2.19. The SMILES string of the molecule is CCCCCCCCSC(=S)c1cc(C(C)(C)C)c(S)c(C(C)(C)C)c1. The minimum atomic E-state index is 0.0622. The normalized spacial score (nSPS) is 12.5. The summed E-state index contributed by atoms with van der Waals surface area (Å²) in [5.41, 5.74) is 3.92. The van der Waals surface area contributed by atoms with Crippen LogP contribution in [-0.4, -0.2) is 9.95 Å². The van der Waals surface area contributed by atoms with Crippen LogP contribution in [-0.2, 0) is 10.8 Å². The molecule has 1 aromatic carbocycles. The Kier molecular flexibility index (Phi) is 9.74. The van der Waals surface area contributed by atoms with E-state index in [1.165, 1.54) is 55.2 Å². The lowest BCUT2D eigenvalue weighted by Gasteiger charge is -2.29. The number of rotatable bonds is 8. The third-order valence-corrected chi connectivity index (χ3v) is 6.75. The fourth-order valence-electron chi connectivity index (χ4n) is 3.03. The third-order valence-electron chi connectivity index (χ3n) is 4.69. The van der Waals surface area contributed by atoms with Crippen LogP contribution in [0.1, 0.15) is 104 Å². The van der Waals surface area contributed by atoms with Crippen LogP contribution in [0.25, 0.3) is 0 Å². The van der Waals surface area contributed by atoms with Gasteiger partial charge in [0, 0.05) is 4.90 Å². The zero-order valence-corrected chi connectivity index (χ0v) is 20.4. The average Bonchev–Trinajstić information content (AvgIpc) is 2.51. The van der Waals surface area contributed by atoms with Gasteiger partial charge in [-0.15, -0.1) is 24.4 Å². The van der Waals surface area contributed by atoms with E-state index >= 15 is 0 Å². The summed E-state index contributed by atoms with van der Waals surface area (Å²) in [7, 11) is 0. The fourth-order valence-corrected chi connectivity index (χ4v) is 5.01. The predicted octanol–water partition coefficient (Wildman–Crippen LogP) is 8.34. The molecular formula is C23H38S3. The van der Waals surface area contributed by atoms with E-state index < -0.39 is 0 Å². The van der Waals surface area contributed by atoms with Gasteiger partial charge >= 0.3 is 0 Å². The minimum Gasteiger partial charge on any atom is -0.143 e. The van der Waals surface area contributed by atoms with Gasteiger partial charge in [0.15, 0.2) is 0 Å². The number of thioether (sulfide) groups is 1. The Balaban J connectivity index is 2.86. The second-order valence-corrected chi connectivity index (χ2v) is 11.5. The van der Waals surface area contributed by atoms with Gasteiger partial charge in [0.2, 0.25) is 0 Å². The van der Waals surface area contributed by atoms with E-state index in [1.54, 1.807) is 0 Å². The summed E-state index contributed by atoms with van der Waals surface area (Å²) in [4.78, 5) is 1.12. The highest BCUT2D eigenvalue weighted by atomic mass is 32.2. The van der Waals surface area contributed by atoms with Gasteiger partial charge in [-0.05, 0) is 51.8 Å². The van der Waals surface area contributed by atoms with E-state index in [0.717, 1.165) is 14.8 Å². The summed E-state index contributed by atoms with van der Waals surface area (Å²) in [5, 5.41) is 0. The molecule has 0 N–H and O–H groups in total. The van der Waals surface area contributed by atoms with Crippen molar-refractivity contribution in [3.05, 3.63) is 28.8 Å². The predicted molar refractivity (Wildman–Crippen MR) is 129 cm³/mol. The number of unbranched alkanes of at least 4 members (excludes halogenated alkanes) is 5. The van der Waals surface area contributed by atoms with E-state index in [-0.39, 0.29) is 10.8 Å². The van der Waals surface area contributed by atoms with Gasteiger partial charge in [0.05, 0.1) is 4.20 Å². The third kappa shape index (κ3) is 7.56. The molecule has 3 heteroatoms. The molecule has 0 aliphatic heterocycles. The largest absolute Gasteiger partial charge is 0.143 e. The molecule has 0 heterocycles. The van der Waals surface area contributed by atoms with Gasteiger partial charge < -0.3 is 0 Å². The number of hydrogen-bond acceptors (Lipinski definition) is 3. The lowest BCUT2D eigenvalue weighted by molar-refractivity contribution is 0.547. The molecule has 0 radical (unpaired) electrons. The van der Waals surface area contributed by atoms with Crippen LogP contribution in [0.5, 0.6) is 0 Å². The van der Waals surface area contributed by atoms with E-state index in [4.69, 9.17) is 24.8 Å². The van der Waals surface area contributed by atoms with Gasteiger partial charge in [0.1, 0.15) is 0 Å². The molecule has 0 bridgehead atoms. The van der Waals surface area contributed by atoms with Crippen molar-refractivity contribution in [2.24, 2.45) is 0 Å². The fraction of sp³-hybridized carbons (Fsp3) is 0.696. The first kappa shape index (κ1) is 24.0. The van der Waals surface area contributed by atoms with Crippen molar-refractivity contribution < 1.29 is 0 Å². The van der Waals surface area contributed by atoms with Gasteiger partial charge in [-0.1, -0.05) is 92.8 Å². The molecule has 1 rings (SSSR count). The van der Waals surface area contributed by atoms with Crippen LogP contribution in [0.2, 0.25) is 0 Å². The quantitative estimate of drug-likeness (QED) is 0.260.